The molecule has 2 N–H and O–H groups in total. The highest BCUT2D eigenvalue weighted by atomic mass is 19.4. The quantitative estimate of drug-likeness (QED) is 0.721. The van der Waals surface area contributed by atoms with Crippen molar-refractivity contribution < 1.29 is 18.0 Å². The Morgan fingerprint density at radius 1 is 1.04 bits per heavy atom. The molecule has 2 aromatic carbocycles. The average molecular weight is 336 g/mol. The molecule has 0 heterocycles. The Labute approximate surface area is 138 Å². The molecule has 2 rings (SSSR count). The average Bonchev–Trinajstić information content (AvgIpc) is 2.54. The molecular formula is C18H19F3N2O. The lowest BCUT2D eigenvalue weighted by atomic mass is 9.97. The maximum Gasteiger partial charge on any atom is 0.416 e. The monoisotopic (exact) mass is 336 g/mol. The molecule has 1 unspecified atom stereocenters. The molecule has 2 amide bonds. The van der Waals surface area contributed by atoms with Gasteiger partial charge in [0.15, 0.2) is 0 Å². The summed E-state index contributed by atoms with van der Waals surface area (Å²) in [6.45, 7) is 4.12. The van der Waals surface area contributed by atoms with Gasteiger partial charge in [-0.15, -0.1) is 0 Å². The Hall–Kier alpha value is -2.50. The van der Waals surface area contributed by atoms with E-state index in [0.717, 1.165) is 24.1 Å². The zero-order valence-corrected chi connectivity index (χ0v) is 13.4. The van der Waals surface area contributed by atoms with Crippen molar-refractivity contribution in [1.29, 1.82) is 0 Å². The van der Waals surface area contributed by atoms with Gasteiger partial charge >= 0.3 is 12.2 Å². The van der Waals surface area contributed by atoms with Crippen LogP contribution in [0.15, 0.2) is 48.5 Å². The third-order valence-corrected chi connectivity index (χ3v) is 3.82. The number of para-hydroxylation sites is 1. The molecule has 6 heteroatoms. The fraction of sp³-hybridized carbons (Fsp3) is 0.278. The van der Waals surface area contributed by atoms with Crippen LogP contribution in [0.5, 0.6) is 0 Å². The summed E-state index contributed by atoms with van der Waals surface area (Å²) in [6, 6.07) is 11.3. The van der Waals surface area contributed by atoms with E-state index in [1.165, 1.54) is 12.1 Å². The first kappa shape index (κ1) is 17.8. The second-order valence-electron chi connectivity index (χ2n) is 5.55. The van der Waals surface area contributed by atoms with Crippen molar-refractivity contribution in [3.05, 3.63) is 59.7 Å². The lowest BCUT2D eigenvalue weighted by Gasteiger charge is -2.16. The van der Waals surface area contributed by atoms with Crippen LogP contribution in [0.2, 0.25) is 0 Å². The first-order valence-electron chi connectivity index (χ1n) is 7.65. The molecule has 0 spiro atoms. The number of benzene rings is 2. The first-order chi connectivity index (χ1) is 11.3. The van der Waals surface area contributed by atoms with Crippen molar-refractivity contribution >= 4 is 17.4 Å². The van der Waals surface area contributed by atoms with Gasteiger partial charge in [-0.2, -0.15) is 13.2 Å². The number of urea groups is 1. The van der Waals surface area contributed by atoms with Gasteiger partial charge in [-0.3, -0.25) is 0 Å². The van der Waals surface area contributed by atoms with Crippen LogP contribution in [0, 0.1) is 0 Å². The number of amides is 2. The van der Waals surface area contributed by atoms with Crippen molar-refractivity contribution in [2.75, 3.05) is 10.6 Å². The predicted molar refractivity (Wildman–Crippen MR) is 89.2 cm³/mol. The molecule has 128 valence electrons. The summed E-state index contributed by atoms with van der Waals surface area (Å²) in [5.74, 6) is 0.285. The molecule has 0 aliphatic carbocycles. The summed E-state index contributed by atoms with van der Waals surface area (Å²) >= 11 is 0. The molecule has 0 fully saturated rings. The van der Waals surface area contributed by atoms with E-state index in [9.17, 15) is 18.0 Å². The largest absolute Gasteiger partial charge is 0.416 e. The molecule has 0 saturated heterocycles. The van der Waals surface area contributed by atoms with Gasteiger partial charge in [-0.05, 0) is 48.2 Å². The Morgan fingerprint density at radius 2 is 1.67 bits per heavy atom. The Morgan fingerprint density at radius 3 is 2.25 bits per heavy atom. The van der Waals surface area contributed by atoms with Crippen LogP contribution in [0.1, 0.15) is 37.3 Å². The SMILES string of the molecule is CCC(C)c1ccccc1NC(=O)Nc1ccc(C(F)(F)F)cc1. The molecule has 3 nitrogen and oxygen atoms in total. The topological polar surface area (TPSA) is 41.1 Å². The minimum absolute atomic E-state index is 0.285. The maximum atomic E-state index is 12.5. The molecule has 0 aromatic heterocycles. The minimum Gasteiger partial charge on any atom is -0.308 e. The highest BCUT2D eigenvalue weighted by Gasteiger charge is 2.29. The number of nitrogens with one attached hydrogen (secondary N) is 2. The van der Waals surface area contributed by atoms with Crippen LogP contribution in [0.25, 0.3) is 0 Å². The van der Waals surface area contributed by atoms with E-state index in [4.69, 9.17) is 0 Å². The van der Waals surface area contributed by atoms with Crippen molar-refractivity contribution in [3.63, 3.8) is 0 Å². The normalized spacial score (nSPS) is 12.5. The molecular weight excluding hydrogens is 317 g/mol. The van der Waals surface area contributed by atoms with Gasteiger partial charge in [-0.1, -0.05) is 32.0 Å². The van der Waals surface area contributed by atoms with Crippen LogP contribution in [-0.2, 0) is 6.18 Å². The number of carbonyl (C=O) groups excluding carboxylic acids is 1. The van der Waals surface area contributed by atoms with Crippen molar-refractivity contribution in [2.24, 2.45) is 0 Å². The number of halogens is 3. The lowest BCUT2D eigenvalue weighted by molar-refractivity contribution is -0.137. The van der Waals surface area contributed by atoms with Crippen molar-refractivity contribution in [2.45, 2.75) is 32.4 Å². The maximum absolute atomic E-state index is 12.5. The van der Waals surface area contributed by atoms with Crippen LogP contribution in [-0.4, -0.2) is 6.03 Å². The van der Waals surface area contributed by atoms with Crippen LogP contribution in [0.4, 0.5) is 29.3 Å². The number of alkyl halides is 3. The van der Waals surface area contributed by atoms with Crippen LogP contribution >= 0.6 is 0 Å². The van der Waals surface area contributed by atoms with Gasteiger partial charge in [0, 0.05) is 11.4 Å². The van der Waals surface area contributed by atoms with Gasteiger partial charge in [0.1, 0.15) is 0 Å². The van der Waals surface area contributed by atoms with E-state index in [1.54, 1.807) is 6.07 Å². The summed E-state index contributed by atoms with van der Waals surface area (Å²) < 4.78 is 37.6. The standard InChI is InChI=1S/C18H19F3N2O/c1-3-12(2)15-6-4-5-7-16(15)23-17(24)22-14-10-8-13(9-11-14)18(19,20)21/h4-12H,3H2,1-2H3,(H2,22,23,24). The summed E-state index contributed by atoms with van der Waals surface area (Å²) in [5.41, 5.74) is 1.25. The van der Waals surface area contributed by atoms with Crippen molar-refractivity contribution in [1.82, 2.24) is 0 Å². The third kappa shape index (κ3) is 4.50. The highest BCUT2D eigenvalue weighted by Crippen LogP contribution is 2.30. The highest BCUT2D eigenvalue weighted by molar-refractivity contribution is 6.00. The zero-order valence-electron chi connectivity index (χ0n) is 13.4. The number of hydrogen-bond acceptors (Lipinski definition) is 1. The molecule has 1 atom stereocenters. The van der Waals surface area contributed by atoms with E-state index in [1.807, 2.05) is 18.2 Å². The van der Waals surface area contributed by atoms with E-state index in [0.29, 0.717) is 11.4 Å². The van der Waals surface area contributed by atoms with Gasteiger partial charge in [0.25, 0.3) is 0 Å². The first-order valence-corrected chi connectivity index (χ1v) is 7.65. The third-order valence-electron chi connectivity index (χ3n) is 3.82. The fourth-order valence-corrected chi connectivity index (χ4v) is 2.29. The molecule has 0 aliphatic rings. The van der Waals surface area contributed by atoms with Gasteiger partial charge in [0.2, 0.25) is 0 Å². The van der Waals surface area contributed by atoms with Gasteiger partial charge in [-0.25, -0.2) is 4.79 Å². The summed E-state index contributed by atoms with van der Waals surface area (Å²) in [6.07, 6.45) is -3.46. The summed E-state index contributed by atoms with van der Waals surface area (Å²) in [5, 5.41) is 5.28. The Kier molecular flexibility index (Phi) is 5.49. The minimum atomic E-state index is -4.39. The zero-order chi connectivity index (χ0) is 17.7. The Balaban J connectivity index is 2.06. The second-order valence-corrected chi connectivity index (χ2v) is 5.55. The molecule has 0 radical (unpaired) electrons. The number of anilines is 2. The van der Waals surface area contributed by atoms with Crippen LogP contribution in [0.3, 0.4) is 0 Å². The smallest absolute Gasteiger partial charge is 0.308 e. The van der Waals surface area contributed by atoms with Gasteiger partial charge in [0.05, 0.1) is 5.56 Å². The molecule has 24 heavy (non-hydrogen) atoms. The van der Waals surface area contributed by atoms with E-state index in [2.05, 4.69) is 24.5 Å². The van der Waals surface area contributed by atoms with Crippen LogP contribution < -0.4 is 10.6 Å². The van der Waals surface area contributed by atoms with E-state index >= 15 is 0 Å². The molecule has 0 aliphatic heterocycles. The molecule has 0 bridgehead atoms. The summed E-state index contributed by atoms with van der Waals surface area (Å²) in [7, 11) is 0. The number of hydrogen-bond donors (Lipinski definition) is 2. The van der Waals surface area contributed by atoms with Crippen molar-refractivity contribution in [3.8, 4) is 0 Å². The molecule has 0 saturated carbocycles. The fourth-order valence-electron chi connectivity index (χ4n) is 2.29. The number of rotatable bonds is 4. The second kappa shape index (κ2) is 7.38. The summed E-state index contributed by atoms with van der Waals surface area (Å²) in [4.78, 5) is 12.1. The van der Waals surface area contributed by atoms with E-state index in [-0.39, 0.29) is 5.92 Å². The number of carbonyl (C=O) groups is 1. The molecule has 2 aromatic rings. The van der Waals surface area contributed by atoms with E-state index < -0.39 is 17.8 Å². The lowest BCUT2D eigenvalue weighted by Crippen LogP contribution is -2.20. The predicted octanol–water partition coefficient (Wildman–Crippen LogP) is 5.86. The Bertz CT molecular complexity index is 696. The van der Waals surface area contributed by atoms with Gasteiger partial charge < -0.3 is 10.6 Å².